The van der Waals surface area contributed by atoms with Crippen LogP contribution in [-0.4, -0.2) is 21.8 Å². The second-order valence-corrected chi connectivity index (χ2v) is 6.26. The monoisotopic (exact) mass is 354 g/mol. The van der Waals surface area contributed by atoms with Gasteiger partial charge in [-0.1, -0.05) is 29.8 Å². The van der Waals surface area contributed by atoms with E-state index < -0.39 is 11.5 Å². The smallest absolute Gasteiger partial charge is 0.265 e. The van der Waals surface area contributed by atoms with Crippen LogP contribution in [0.5, 0.6) is 5.75 Å². The van der Waals surface area contributed by atoms with Gasteiger partial charge in [0, 0.05) is 11.1 Å². The molecule has 25 heavy (non-hydrogen) atoms. The topological polar surface area (TPSA) is 82.2 Å². The number of nitrogens with one attached hydrogen (secondary N) is 2. The van der Waals surface area contributed by atoms with E-state index in [1.165, 1.54) is 0 Å². The SMILES string of the molecule is Cc1ccc(NC(=O)c2c(O)c3c(CCS)cccc3[nH]c2=O)cc1. The highest BCUT2D eigenvalue weighted by molar-refractivity contribution is 7.80. The molecular formula is C19H18N2O3S. The molecule has 3 N–H and O–H groups in total. The molecule has 0 atom stereocenters. The molecule has 0 unspecified atom stereocenters. The Bertz CT molecular complexity index is 994. The fourth-order valence-corrected chi connectivity index (χ4v) is 3.01. The average molecular weight is 354 g/mol. The summed E-state index contributed by atoms with van der Waals surface area (Å²) in [6, 6.07) is 12.5. The number of aromatic amines is 1. The van der Waals surface area contributed by atoms with Crippen LogP contribution in [0.3, 0.4) is 0 Å². The maximum absolute atomic E-state index is 12.5. The van der Waals surface area contributed by atoms with Gasteiger partial charge in [-0.15, -0.1) is 0 Å². The van der Waals surface area contributed by atoms with Crippen molar-refractivity contribution in [2.45, 2.75) is 13.3 Å². The zero-order valence-corrected chi connectivity index (χ0v) is 14.6. The lowest BCUT2D eigenvalue weighted by molar-refractivity contribution is 0.102. The van der Waals surface area contributed by atoms with Crippen molar-refractivity contribution in [1.29, 1.82) is 0 Å². The van der Waals surface area contributed by atoms with E-state index in [1.54, 1.807) is 24.3 Å². The number of pyridine rings is 1. The molecule has 0 saturated heterocycles. The van der Waals surface area contributed by atoms with Crippen molar-refractivity contribution in [2.75, 3.05) is 11.1 Å². The second kappa shape index (κ2) is 7.03. The number of fused-ring (bicyclic) bond motifs is 1. The number of thiol groups is 1. The van der Waals surface area contributed by atoms with Gasteiger partial charge in [0.15, 0.2) is 0 Å². The summed E-state index contributed by atoms with van der Waals surface area (Å²) < 4.78 is 0. The highest BCUT2D eigenvalue weighted by Crippen LogP contribution is 2.29. The van der Waals surface area contributed by atoms with E-state index in [9.17, 15) is 14.7 Å². The molecule has 0 aliphatic heterocycles. The summed E-state index contributed by atoms with van der Waals surface area (Å²) in [7, 11) is 0. The number of amides is 1. The van der Waals surface area contributed by atoms with Crippen molar-refractivity contribution in [2.24, 2.45) is 0 Å². The average Bonchev–Trinajstić information content (AvgIpc) is 2.57. The first-order chi connectivity index (χ1) is 12.0. The van der Waals surface area contributed by atoms with Crippen molar-refractivity contribution < 1.29 is 9.90 Å². The molecule has 0 aliphatic rings. The summed E-state index contributed by atoms with van der Waals surface area (Å²) in [5.41, 5.74) is 2.01. The minimum atomic E-state index is -0.648. The number of aromatic nitrogens is 1. The van der Waals surface area contributed by atoms with Crippen LogP contribution in [-0.2, 0) is 6.42 Å². The maximum atomic E-state index is 12.5. The number of hydrogen-bond donors (Lipinski definition) is 4. The van der Waals surface area contributed by atoms with Crippen molar-refractivity contribution in [1.82, 2.24) is 4.98 Å². The molecule has 0 spiro atoms. The number of hydrogen-bond acceptors (Lipinski definition) is 4. The lowest BCUT2D eigenvalue weighted by atomic mass is 10.0. The lowest BCUT2D eigenvalue weighted by Gasteiger charge is -2.11. The predicted octanol–water partition coefficient (Wildman–Crippen LogP) is 3.27. The Kier molecular flexibility index (Phi) is 4.81. The first-order valence-electron chi connectivity index (χ1n) is 7.87. The second-order valence-electron chi connectivity index (χ2n) is 5.81. The van der Waals surface area contributed by atoms with Crippen LogP contribution in [0.4, 0.5) is 5.69 Å². The minimum Gasteiger partial charge on any atom is -0.506 e. The summed E-state index contributed by atoms with van der Waals surface area (Å²) in [4.78, 5) is 27.5. The Labute approximate surface area is 150 Å². The van der Waals surface area contributed by atoms with Crippen molar-refractivity contribution in [3.8, 4) is 5.75 Å². The van der Waals surface area contributed by atoms with E-state index in [-0.39, 0.29) is 11.3 Å². The van der Waals surface area contributed by atoms with Gasteiger partial charge in [-0.3, -0.25) is 9.59 Å². The van der Waals surface area contributed by atoms with Gasteiger partial charge in [-0.25, -0.2) is 0 Å². The summed E-state index contributed by atoms with van der Waals surface area (Å²) in [6.45, 7) is 1.94. The molecule has 0 fully saturated rings. The van der Waals surface area contributed by atoms with Gasteiger partial charge >= 0.3 is 0 Å². The van der Waals surface area contributed by atoms with Gasteiger partial charge in [0.2, 0.25) is 0 Å². The van der Waals surface area contributed by atoms with Gasteiger partial charge in [-0.2, -0.15) is 12.6 Å². The largest absolute Gasteiger partial charge is 0.506 e. The summed E-state index contributed by atoms with van der Waals surface area (Å²) in [5.74, 6) is -0.367. The third kappa shape index (κ3) is 3.39. The van der Waals surface area contributed by atoms with Crippen LogP contribution < -0.4 is 10.9 Å². The number of H-pyrrole nitrogens is 1. The Balaban J connectivity index is 2.09. The normalized spacial score (nSPS) is 10.8. The molecule has 3 rings (SSSR count). The van der Waals surface area contributed by atoms with Gasteiger partial charge in [0.05, 0.1) is 5.52 Å². The molecule has 0 saturated carbocycles. The Morgan fingerprint density at radius 1 is 1.20 bits per heavy atom. The number of rotatable bonds is 4. The van der Waals surface area contributed by atoms with Gasteiger partial charge in [0.25, 0.3) is 11.5 Å². The van der Waals surface area contributed by atoms with E-state index >= 15 is 0 Å². The van der Waals surface area contributed by atoms with Gasteiger partial charge < -0.3 is 15.4 Å². The van der Waals surface area contributed by atoms with E-state index in [0.29, 0.717) is 28.8 Å². The predicted molar refractivity (Wildman–Crippen MR) is 103 cm³/mol. The zero-order chi connectivity index (χ0) is 18.0. The maximum Gasteiger partial charge on any atom is 0.265 e. The number of aryl methyl sites for hydroxylation is 2. The minimum absolute atomic E-state index is 0.292. The Morgan fingerprint density at radius 3 is 2.60 bits per heavy atom. The van der Waals surface area contributed by atoms with E-state index in [1.807, 2.05) is 25.1 Å². The zero-order valence-electron chi connectivity index (χ0n) is 13.7. The van der Waals surface area contributed by atoms with E-state index in [2.05, 4.69) is 22.9 Å². The highest BCUT2D eigenvalue weighted by atomic mass is 32.1. The van der Waals surface area contributed by atoms with Crippen LogP contribution in [0.1, 0.15) is 21.5 Å². The summed E-state index contributed by atoms with van der Waals surface area (Å²) >= 11 is 4.22. The lowest BCUT2D eigenvalue weighted by Crippen LogP contribution is -2.23. The molecule has 6 heteroatoms. The quantitative estimate of drug-likeness (QED) is 0.543. The van der Waals surface area contributed by atoms with Crippen LogP contribution in [0.25, 0.3) is 10.9 Å². The van der Waals surface area contributed by atoms with Crippen LogP contribution in [0, 0.1) is 6.92 Å². The molecule has 5 nitrogen and oxygen atoms in total. The number of aromatic hydroxyl groups is 1. The molecule has 0 bridgehead atoms. The molecule has 2 aromatic carbocycles. The van der Waals surface area contributed by atoms with Crippen molar-refractivity contribution in [3.63, 3.8) is 0 Å². The molecule has 0 aliphatic carbocycles. The molecule has 1 amide bonds. The third-order valence-electron chi connectivity index (χ3n) is 4.02. The van der Waals surface area contributed by atoms with Crippen molar-refractivity contribution >= 4 is 35.1 Å². The third-order valence-corrected chi connectivity index (χ3v) is 4.24. The fourth-order valence-electron chi connectivity index (χ4n) is 2.77. The molecule has 1 heterocycles. The summed E-state index contributed by atoms with van der Waals surface area (Å²) in [6.07, 6.45) is 0.610. The molecular weight excluding hydrogens is 336 g/mol. The highest BCUT2D eigenvalue weighted by Gasteiger charge is 2.20. The standard InChI is InChI=1S/C19H18N2O3S/c1-11-5-7-13(8-6-11)20-18(23)16-17(22)15-12(9-10-25)3-2-4-14(15)21-19(16)24/h2-8,25H,9-10H2,1H3,(H,20,23)(H2,21,22,24). The Hall–Kier alpha value is -2.73. The fraction of sp³-hybridized carbons (Fsp3) is 0.158. The number of carbonyl (C=O) groups is 1. The number of carbonyl (C=O) groups excluding carboxylic acids is 1. The van der Waals surface area contributed by atoms with Crippen LogP contribution in [0.15, 0.2) is 47.3 Å². The first-order valence-corrected chi connectivity index (χ1v) is 8.50. The molecule has 3 aromatic rings. The Morgan fingerprint density at radius 2 is 1.92 bits per heavy atom. The van der Waals surface area contributed by atoms with E-state index in [0.717, 1.165) is 11.1 Å². The van der Waals surface area contributed by atoms with Gasteiger partial charge in [-0.05, 0) is 42.9 Å². The molecule has 1 aromatic heterocycles. The van der Waals surface area contributed by atoms with Gasteiger partial charge in [0.1, 0.15) is 11.3 Å². The van der Waals surface area contributed by atoms with E-state index in [4.69, 9.17) is 0 Å². The number of anilines is 1. The van der Waals surface area contributed by atoms with Crippen molar-refractivity contribution in [3.05, 3.63) is 69.5 Å². The summed E-state index contributed by atoms with van der Waals surface area (Å²) in [5, 5.41) is 13.8. The molecule has 128 valence electrons. The van der Waals surface area contributed by atoms with Crippen LogP contribution >= 0.6 is 12.6 Å². The number of benzene rings is 2. The van der Waals surface area contributed by atoms with Crippen LogP contribution in [0.2, 0.25) is 0 Å². The first kappa shape index (κ1) is 17.1. The molecule has 0 radical (unpaired) electrons.